The van der Waals surface area contributed by atoms with Gasteiger partial charge < -0.3 is 20.3 Å². The lowest BCUT2D eigenvalue weighted by Crippen LogP contribution is -2.45. The van der Waals surface area contributed by atoms with E-state index in [2.05, 4.69) is 27.4 Å². The summed E-state index contributed by atoms with van der Waals surface area (Å²) < 4.78 is 5.70. The molecule has 0 spiro atoms. The van der Waals surface area contributed by atoms with Crippen LogP contribution in [0.1, 0.15) is 43.9 Å². The fraction of sp³-hybridized carbons (Fsp3) is 0.577. The molecule has 2 amide bonds. The van der Waals surface area contributed by atoms with Crippen LogP contribution in [0.5, 0.6) is 0 Å². The van der Waals surface area contributed by atoms with Gasteiger partial charge in [-0.15, -0.1) is 0 Å². The summed E-state index contributed by atoms with van der Waals surface area (Å²) in [6.45, 7) is 7.69. The molecule has 2 saturated carbocycles. The predicted molar refractivity (Wildman–Crippen MR) is 132 cm³/mol. The lowest BCUT2D eigenvalue weighted by Gasteiger charge is -2.38. The third kappa shape index (κ3) is 4.88. The average molecular weight is 463 g/mol. The summed E-state index contributed by atoms with van der Waals surface area (Å²) in [5.41, 5.74) is 4.21. The van der Waals surface area contributed by atoms with Crippen LogP contribution in [0.4, 0.5) is 16.3 Å². The summed E-state index contributed by atoms with van der Waals surface area (Å²) in [5, 5.41) is 5.88. The second-order valence-corrected chi connectivity index (χ2v) is 10.3. The molecule has 0 radical (unpaired) electrons. The monoisotopic (exact) mass is 462 g/mol. The molecule has 8 heteroatoms. The van der Waals surface area contributed by atoms with E-state index in [0.29, 0.717) is 12.1 Å². The number of urea groups is 1. The van der Waals surface area contributed by atoms with E-state index in [1.165, 1.54) is 24.9 Å². The number of ether oxygens (including phenoxy) is 1. The highest BCUT2D eigenvalue weighted by molar-refractivity contribution is 5.89. The fourth-order valence-corrected chi connectivity index (χ4v) is 4.98. The quantitative estimate of drug-likeness (QED) is 0.685. The van der Waals surface area contributed by atoms with Crippen LogP contribution in [0.15, 0.2) is 24.3 Å². The van der Waals surface area contributed by atoms with Gasteiger partial charge in [0.2, 0.25) is 0 Å². The lowest BCUT2D eigenvalue weighted by atomic mass is 10.0. The smallest absolute Gasteiger partial charge is 0.319 e. The second kappa shape index (κ2) is 9.15. The molecule has 4 aliphatic rings. The van der Waals surface area contributed by atoms with Crippen molar-refractivity contribution in [3.63, 3.8) is 0 Å². The van der Waals surface area contributed by atoms with Gasteiger partial charge in [0.25, 0.3) is 0 Å². The van der Waals surface area contributed by atoms with Gasteiger partial charge in [0.1, 0.15) is 5.82 Å². The highest BCUT2D eigenvalue weighted by Crippen LogP contribution is 2.34. The van der Waals surface area contributed by atoms with E-state index >= 15 is 0 Å². The number of fused-ring (bicyclic) bond motifs is 1. The fourth-order valence-electron chi connectivity index (χ4n) is 4.98. The van der Waals surface area contributed by atoms with Crippen molar-refractivity contribution in [1.82, 2.24) is 20.2 Å². The Morgan fingerprint density at radius 3 is 2.68 bits per heavy atom. The highest BCUT2D eigenvalue weighted by atomic mass is 16.5. The lowest BCUT2D eigenvalue weighted by molar-refractivity contribution is 0.0983. The van der Waals surface area contributed by atoms with Gasteiger partial charge in [0.05, 0.1) is 24.9 Å². The maximum atomic E-state index is 12.1. The third-order valence-electron chi connectivity index (χ3n) is 7.29. The first-order chi connectivity index (χ1) is 16.6. The van der Waals surface area contributed by atoms with Crippen LogP contribution in [0.2, 0.25) is 0 Å². The van der Waals surface area contributed by atoms with Crippen LogP contribution >= 0.6 is 0 Å². The van der Waals surface area contributed by atoms with Gasteiger partial charge in [-0.05, 0) is 69.2 Å². The maximum absolute atomic E-state index is 12.1. The standard InChI is InChI=1S/C26H34N6O2/c1-17-16-34-13-12-32(17)25-22-10-11-31(14-18-2-3-18)15-23(22)29-24(30-25)19-4-6-20(7-5-19)27-26(33)28-21-8-9-21/h4-7,17-18,21H,2-3,8-16H2,1H3,(H2,27,28,33). The molecule has 6 rings (SSSR count). The molecule has 0 bridgehead atoms. The summed E-state index contributed by atoms with van der Waals surface area (Å²) >= 11 is 0. The summed E-state index contributed by atoms with van der Waals surface area (Å²) in [4.78, 5) is 27.2. The third-order valence-corrected chi connectivity index (χ3v) is 7.29. The number of benzene rings is 1. The van der Waals surface area contributed by atoms with Crippen molar-refractivity contribution in [3.05, 3.63) is 35.5 Å². The van der Waals surface area contributed by atoms with Crippen molar-refractivity contribution >= 4 is 17.5 Å². The van der Waals surface area contributed by atoms with Gasteiger partial charge >= 0.3 is 6.03 Å². The SMILES string of the molecule is CC1COCCN1c1nc(-c2ccc(NC(=O)NC3CC3)cc2)nc2c1CCN(CC1CC1)C2. The average Bonchev–Trinajstić information content (AvgIpc) is 3.77. The molecule has 180 valence electrons. The van der Waals surface area contributed by atoms with Gasteiger partial charge in [0.15, 0.2) is 5.82 Å². The number of carbonyl (C=O) groups excluding carboxylic acids is 1. The summed E-state index contributed by atoms with van der Waals surface area (Å²) in [7, 11) is 0. The largest absolute Gasteiger partial charge is 0.377 e. The highest BCUT2D eigenvalue weighted by Gasteiger charge is 2.31. The number of rotatable bonds is 6. The molecule has 3 fully saturated rings. The second-order valence-electron chi connectivity index (χ2n) is 10.3. The number of hydrogen-bond donors (Lipinski definition) is 2. The summed E-state index contributed by atoms with van der Waals surface area (Å²) in [5.74, 6) is 2.71. The zero-order chi connectivity index (χ0) is 23.1. The number of aromatic nitrogens is 2. The van der Waals surface area contributed by atoms with Crippen molar-refractivity contribution in [3.8, 4) is 11.4 Å². The van der Waals surface area contributed by atoms with E-state index < -0.39 is 0 Å². The van der Waals surface area contributed by atoms with Gasteiger partial charge in [-0.2, -0.15) is 0 Å². The Bertz CT molecular complexity index is 1050. The van der Waals surface area contributed by atoms with Crippen LogP contribution < -0.4 is 15.5 Å². The van der Waals surface area contributed by atoms with Crippen LogP contribution in [0.3, 0.4) is 0 Å². The summed E-state index contributed by atoms with van der Waals surface area (Å²) in [6, 6.07) is 8.37. The van der Waals surface area contributed by atoms with Gasteiger partial charge in [0, 0.05) is 49.0 Å². The van der Waals surface area contributed by atoms with Crippen LogP contribution in [-0.4, -0.2) is 65.8 Å². The minimum Gasteiger partial charge on any atom is -0.377 e. The van der Waals surface area contributed by atoms with E-state index in [1.807, 2.05) is 24.3 Å². The molecule has 1 atom stereocenters. The molecule has 2 aliphatic heterocycles. The minimum absolute atomic E-state index is 0.139. The molecular weight excluding hydrogens is 428 g/mol. The van der Waals surface area contributed by atoms with Crippen molar-refractivity contribution in [2.75, 3.05) is 43.1 Å². The van der Waals surface area contributed by atoms with Gasteiger partial charge in [-0.3, -0.25) is 4.90 Å². The predicted octanol–water partition coefficient (Wildman–Crippen LogP) is 3.42. The molecular formula is C26H34N6O2. The first-order valence-corrected chi connectivity index (χ1v) is 12.8. The van der Waals surface area contributed by atoms with Gasteiger partial charge in [-0.1, -0.05) is 0 Å². The Balaban J connectivity index is 1.28. The molecule has 3 heterocycles. The van der Waals surface area contributed by atoms with Crippen molar-refractivity contribution in [2.45, 2.75) is 57.7 Å². The Morgan fingerprint density at radius 2 is 1.94 bits per heavy atom. The molecule has 1 unspecified atom stereocenters. The van der Waals surface area contributed by atoms with E-state index in [1.54, 1.807) is 0 Å². The molecule has 2 N–H and O–H groups in total. The first kappa shape index (κ1) is 21.8. The normalized spacial score (nSPS) is 22.9. The Hall–Kier alpha value is -2.71. The van der Waals surface area contributed by atoms with Crippen molar-refractivity contribution in [2.24, 2.45) is 5.92 Å². The number of amides is 2. The Kier molecular flexibility index (Phi) is 5.87. The molecule has 2 aromatic rings. The number of nitrogens with zero attached hydrogens (tertiary/aromatic N) is 4. The number of hydrogen-bond acceptors (Lipinski definition) is 6. The molecule has 2 aliphatic carbocycles. The zero-order valence-corrected chi connectivity index (χ0v) is 19.9. The van der Waals surface area contributed by atoms with Crippen molar-refractivity contribution in [1.29, 1.82) is 0 Å². The van der Waals surface area contributed by atoms with Crippen LogP contribution in [0, 0.1) is 5.92 Å². The maximum Gasteiger partial charge on any atom is 0.319 e. The van der Waals surface area contributed by atoms with Crippen LogP contribution in [-0.2, 0) is 17.7 Å². The Morgan fingerprint density at radius 1 is 1.12 bits per heavy atom. The molecule has 1 aromatic carbocycles. The number of nitrogens with one attached hydrogen (secondary N) is 2. The van der Waals surface area contributed by atoms with E-state index in [4.69, 9.17) is 14.7 Å². The van der Waals surface area contributed by atoms with E-state index in [9.17, 15) is 4.79 Å². The molecule has 8 nitrogen and oxygen atoms in total. The summed E-state index contributed by atoms with van der Waals surface area (Å²) in [6.07, 6.45) is 5.89. The van der Waals surface area contributed by atoms with Crippen molar-refractivity contribution < 1.29 is 9.53 Å². The molecule has 1 aromatic heterocycles. The Labute approximate surface area is 201 Å². The topological polar surface area (TPSA) is 82.6 Å². The zero-order valence-electron chi connectivity index (χ0n) is 19.9. The number of carbonyl (C=O) groups is 1. The molecule has 34 heavy (non-hydrogen) atoms. The molecule has 1 saturated heterocycles. The van der Waals surface area contributed by atoms with E-state index in [0.717, 1.165) is 86.6 Å². The first-order valence-electron chi connectivity index (χ1n) is 12.8. The van der Waals surface area contributed by atoms with E-state index in [-0.39, 0.29) is 6.03 Å². The number of anilines is 2. The minimum atomic E-state index is -0.139. The number of morpholine rings is 1. The van der Waals surface area contributed by atoms with Crippen LogP contribution in [0.25, 0.3) is 11.4 Å². The van der Waals surface area contributed by atoms with Gasteiger partial charge in [-0.25, -0.2) is 14.8 Å².